The van der Waals surface area contributed by atoms with Gasteiger partial charge >= 0.3 is 0 Å². The third-order valence-corrected chi connectivity index (χ3v) is 4.76. The number of aryl methyl sites for hydroxylation is 1. The predicted octanol–water partition coefficient (Wildman–Crippen LogP) is 2.58. The molecule has 0 fully saturated rings. The second kappa shape index (κ2) is 8.41. The number of benzene rings is 2. The van der Waals surface area contributed by atoms with Gasteiger partial charge in [-0.25, -0.2) is 9.67 Å². The number of hydrogen-bond donors (Lipinski definition) is 2. The van der Waals surface area contributed by atoms with E-state index in [9.17, 15) is 9.59 Å². The Kier molecular flexibility index (Phi) is 5.50. The lowest BCUT2D eigenvalue weighted by atomic mass is 10.1. The summed E-state index contributed by atoms with van der Waals surface area (Å²) >= 11 is 0. The summed E-state index contributed by atoms with van der Waals surface area (Å²) in [5.74, 6) is 0.503. The number of anilines is 1. The van der Waals surface area contributed by atoms with Crippen LogP contribution in [-0.4, -0.2) is 46.5 Å². The van der Waals surface area contributed by atoms with Crippen LogP contribution in [0.4, 0.5) is 5.69 Å². The van der Waals surface area contributed by atoms with Crippen molar-refractivity contribution in [2.45, 2.75) is 0 Å². The van der Waals surface area contributed by atoms with Crippen LogP contribution in [-0.2, 0) is 16.6 Å². The van der Waals surface area contributed by atoms with Crippen molar-refractivity contribution in [2.75, 3.05) is 26.1 Å². The van der Waals surface area contributed by atoms with Gasteiger partial charge in [0.05, 0.1) is 12.7 Å². The number of hydrogen-bond acceptors (Lipinski definition) is 6. The molecule has 4 rings (SSSR count). The van der Waals surface area contributed by atoms with E-state index in [4.69, 9.17) is 9.47 Å². The summed E-state index contributed by atoms with van der Waals surface area (Å²) < 4.78 is 11.9. The van der Waals surface area contributed by atoms with E-state index in [1.54, 1.807) is 29.9 Å². The number of aromatic nitrogens is 4. The van der Waals surface area contributed by atoms with Crippen molar-refractivity contribution in [1.82, 2.24) is 19.7 Å². The minimum atomic E-state index is -0.300. The average molecular weight is 419 g/mol. The Morgan fingerprint density at radius 1 is 1.16 bits per heavy atom. The van der Waals surface area contributed by atoms with Crippen LogP contribution in [0.5, 0.6) is 5.75 Å². The lowest BCUT2D eigenvalue weighted by Crippen LogP contribution is -2.17. The first kappa shape index (κ1) is 20.3. The molecule has 9 nitrogen and oxygen atoms in total. The maximum Gasteiger partial charge on any atom is 0.262 e. The molecular weight excluding hydrogens is 398 g/mol. The molecule has 2 aromatic heterocycles. The van der Waals surface area contributed by atoms with Crippen molar-refractivity contribution in [1.29, 1.82) is 0 Å². The van der Waals surface area contributed by atoms with Crippen LogP contribution in [0.2, 0.25) is 0 Å². The molecule has 0 aliphatic heterocycles. The molecule has 1 amide bonds. The number of nitrogens with one attached hydrogen (secondary N) is 2. The Labute approximate surface area is 177 Å². The van der Waals surface area contributed by atoms with Crippen molar-refractivity contribution in [3.8, 4) is 28.4 Å². The van der Waals surface area contributed by atoms with Crippen LogP contribution in [0.1, 0.15) is 0 Å². The first-order valence-corrected chi connectivity index (χ1v) is 9.51. The highest BCUT2D eigenvalue weighted by Crippen LogP contribution is 2.31. The maximum atomic E-state index is 13.0. The molecule has 0 spiro atoms. The number of nitrogens with zero attached hydrogens (tertiary/aromatic N) is 3. The van der Waals surface area contributed by atoms with Gasteiger partial charge in [-0.15, -0.1) is 0 Å². The molecular formula is C22H21N5O4. The van der Waals surface area contributed by atoms with Crippen LogP contribution >= 0.6 is 0 Å². The van der Waals surface area contributed by atoms with Crippen LogP contribution in [0.25, 0.3) is 33.7 Å². The number of fused-ring (bicyclic) bond motifs is 1. The maximum absolute atomic E-state index is 13.0. The quantitative estimate of drug-likeness (QED) is 0.497. The molecule has 0 unspecified atom stereocenters. The van der Waals surface area contributed by atoms with E-state index in [0.29, 0.717) is 39.6 Å². The van der Waals surface area contributed by atoms with Crippen LogP contribution in [0.3, 0.4) is 0 Å². The summed E-state index contributed by atoms with van der Waals surface area (Å²) in [6.45, 7) is -0.0557. The summed E-state index contributed by atoms with van der Waals surface area (Å²) in [5.41, 5.74) is 2.68. The predicted molar refractivity (Wildman–Crippen MR) is 117 cm³/mol. The second-order valence-electron chi connectivity index (χ2n) is 6.85. The number of aromatic amines is 1. The first-order valence-electron chi connectivity index (χ1n) is 9.51. The molecule has 0 aliphatic rings. The fourth-order valence-electron chi connectivity index (χ4n) is 3.37. The van der Waals surface area contributed by atoms with Crippen LogP contribution < -0.4 is 15.6 Å². The Bertz CT molecular complexity index is 1310. The molecule has 158 valence electrons. The zero-order valence-corrected chi connectivity index (χ0v) is 17.3. The van der Waals surface area contributed by atoms with Gasteiger partial charge in [0.1, 0.15) is 29.3 Å². The molecule has 2 heterocycles. The minimum Gasteiger partial charge on any atom is -0.496 e. The van der Waals surface area contributed by atoms with Crippen molar-refractivity contribution >= 4 is 22.6 Å². The van der Waals surface area contributed by atoms with Gasteiger partial charge in [-0.1, -0.05) is 30.3 Å². The minimum absolute atomic E-state index is 0.0557. The van der Waals surface area contributed by atoms with Gasteiger partial charge < -0.3 is 19.8 Å². The highest BCUT2D eigenvalue weighted by Gasteiger charge is 2.19. The molecule has 0 bridgehead atoms. The van der Waals surface area contributed by atoms with Gasteiger partial charge in [-0.2, -0.15) is 5.10 Å². The lowest BCUT2D eigenvalue weighted by Gasteiger charge is -2.11. The van der Waals surface area contributed by atoms with E-state index in [1.165, 1.54) is 14.2 Å². The molecule has 2 N–H and O–H groups in total. The fourth-order valence-corrected chi connectivity index (χ4v) is 3.37. The Balaban J connectivity index is 1.80. The molecule has 0 atom stereocenters. The number of carbonyl (C=O) groups excluding carboxylic acids is 1. The number of H-pyrrole nitrogens is 1. The number of methoxy groups -OCH3 is 2. The fraction of sp³-hybridized carbons (Fsp3) is 0.182. The summed E-state index contributed by atoms with van der Waals surface area (Å²) in [5, 5.41) is 7.64. The smallest absolute Gasteiger partial charge is 0.262 e. The van der Waals surface area contributed by atoms with Crippen LogP contribution in [0.15, 0.2) is 53.3 Å². The summed E-state index contributed by atoms with van der Waals surface area (Å²) in [4.78, 5) is 32.2. The Morgan fingerprint density at radius 2 is 1.94 bits per heavy atom. The topological polar surface area (TPSA) is 111 Å². The van der Waals surface area contributed by atoms with Crippen LogP contribution in [0, 0.1) is 0 Å². The van der Waals surface area contributed by atoms with E-state index in [-0.39, 0.29) is 18.1 Å². The molecule has 2 aromatic carbocycles. The number of ether oxygens (including phenoxy) is 2. The monoisotopic (exact) mass is 419 g/mol. The Hall–Kier alpha value is -3.98. The summed E-state index contributed by atoms with van der Waals surface area (Å²) in [6, 6.07) is 14.6. The first-order chi connectivity index (χ1) is 15.0. The van der Waals surface area contributed by atoms with E-state index < -0.39 is 0 Å². The molecule has 0 radical (unpaired) electrons. The van der Waals surface area contributed by atoms with Gasteiger partial charge in [-0.3, -0.25) is 9.59 Å². The number of rotatable bonds is 6. The number of carbonyl (C=O) groups is 1. The SMILES string of the molecule is COCC(=O)Nc1ccc(-c2nc3c(c(-c4ccccc4)nn3C)c(=O)[nH]2)c(OC)c1. The Morgan fingerprint density at radius 3 is 2.65 bits per heavy atom. The summed E-state index contributed by atoms with van der Waals surface area (Å²) in [7, 11) is 4.70. The van der Waals surface area contributed by atoms with Gasteiger partial charge in [-0.05, 0) is 12.1 Å². The summed E-state index contributed by atoms with van der Waals surface area (Å²) in [6.07, 6.45) is 0. The number of amides is 1. The van der Waals surface area contributed by atoms with E-state index >= 15 is 0 Å². The van der Waals surface area contributed by atoms with Gasteiger partial charge in [0.2, 0.25) is 5.91 Å². The van der Waals surface area contributed by atoms with E-state index in [0.717, 1.165) is 5.56 Å². The highest BCUT2D eigenvalue weighted by molar-refractivity contribution is 5.93. The average Bonchev–Trinajstić information content (AvgIpc) is 3.11. The lowest BCUT2D eigenvalue weighted by molar-refractivity contribution is -0.119. The third kappa shape index (κ3) is 3.90. The molecule has 31 heavy (non-hydrogen) atoms. The van der Waals surface area contributed by atoms with Gasteiger partial charge in [0.25, 0.3) is 5.56 Å². The van der Waals surface area contributed by atoms with Crippen molar-refractivity contribution in [2.24, 2.45) is 7.05 Å². The van der Waals surface area contributed by atoms with E-state index in [1.807, 2.05) is 30.3 Å². The highest BCUT2D eigenvalue weighted by atomic mass is 16.5. The molecule has 0 aliphatic carbocycles. The normalized spacial score (nSPS) is 10.9. The zero-order chi connectivity index (χ0) is 22.0. The van der Waals surface area contributed by atoms with Crippen molar-refractivity contribution in [3.05, 3.63) is 58.9 Å². The molecule has 0 saturated heterocycles. The standard InChI is InChI=1S/C22H21N5O4/c1-27-21-18(19(26-27)13-7-5-4-6-8-13)22(29)25-20(24-21)15-10-9-14(11-16(15)31-3)23-17(28)12-30-2/h4-11H,12H2,1-3H3,(H,23,28)(H,24,25,29). The van der Waals surface area contributed by atoms with Crippen molar-refractivity contribution < 1.29 is 14.3 Å². The zero-order valence-electron chi connectivity index (χ0n) is 17.3. The van der Waals surface area contributed by atoms with E-state index in [2.05, 4.69) is 20.4 Å². The second-order valence-corrected chi connectivity index (χ2v) is 6.85. The molecule has 0 saturated carbocycles. The van der Waals surface area contributed by atoms with Crippen molar-refractivity contribution in [3.63, 3.8) is 0 Å². The van der Waals surface area contributed by atoms with Gasteiger partial charge in [0, 0.05) is 31.5 Å². The molecule has 4 aromatic rings. The largest absolute Gasteiger partial charge is 0.496 e. The third-order valence-electron chi connectivity index (χ3n) is 4.76. The molecule has 9 heteroatoms. The van der Waals surface area contributed by atoms with Gasteiger partial charge in [0.15, 0.2) is 5.65 Å².